The molecule has 0 amide bonds. The average Bonchev–Trinajstić information content (AvgIpc) is 2.65. The van der Waals surface area contributed by atoms with Gasteiger partial charge in [-0.3, -0.25) is 4.68 Å². The Hall–Kier alpha value is -1.71. The SMILES string of the molecule is Cn1nccc1-c1ccc(C(F)F)cc1. The fraction of sp³-hybridized carbons (Fsp3) is 0.182. The van der Waals surface area contributed by atoms with Crippen molar-refractivity contribution in [3.8, 4) is 11.3 Å². The highest BCUT2D eigenvalue weighted by Gasteiger charge is 2.07. The molecule has 15 heavy (non-hydrogen) atoms. The Balaban J connectivity index is 2.36. The molecule has 2 rings (SSSR count). The molecule has 1 aromatic heterocycles. The first-order valence-electron chi connectivity index (χ1n) is 4.55. The summed E-state index contributed by atoms with van der Waals surface area (Å²) >= 11 is 0. The summed E-state index contributed by atoms with van der Waals surface area (Å²) in [5.41, 5.74) is 1.84. The van der Waals surface area contributed by atoms with Crippen molar-refractivity contribution in [2.24, 2.45) is 7.05 Å². The third-order valence-corrected chi connectivity index (χ3v) is 2.28. The van der Waals surface area contributed by atoms with Crippen molar-refractivity contribution in [2.45, 2.75) is 6.43 Å². The minimum Gasteiger partial charge on any atom is -0.268 e. The molecule has 1 aromatic carbocycles. The second kappa shape index (κ2) is 3.81. The zero-order chi connectivity index (χ0) is 10.8. The van der Waals surface area contributed by atoms with E-state index in [1.807, 2.05) is 13.1 Å². The van der Waals surface area contributed by atoms with Gasteiger partial charge in [0.2, 0.25) is 0 Å². The smallest absolute Gasteiger partial charge is 0.263 e. The van der Waals surface area contributed by atoms with Gasteiger partial charge in [0.15, 0.2) is 0 Å². The lowest BCUT2D eigenvalue weighted by molar-refractivity contribution is 0.151. The molecule has 0 radical (unpaired) electrons. The van der Waals surface area contributed by atoms with E-state index in [-0.39, 0.29) is 5.56 Å². The van der Waals surface area contributed by atoms with E-state index in [2.05, 4.69) is 5.10 Å². The van der Waals surface area contributed by atoms with Crippen LogP contribution in [0.5, 0.6) is 0 Å². The van der Waals surface area contributed by atoms with Crippen LogP contribution in [-0.2, 0) is 7.05 Å². The number of aryl methyl sites for hydroxylation is 1. The average molecular weight is 208 g/mol. The Morgan fingerprint density at radius 3 is 2.27 bits per heavy atom. The van der Waals surface area contributed by atoms with Gasteiger partial charge in [-0.25, -0.2) is 8.78 Å². The number of aromatic nitrogens is 2. The highest BCUT2D eigenvalue weighted by atomic mass is 19.3. The normalized spacial score (nSPS) is 10.9. The third kappa shape index (κ3) is 1.88. The molecule has 0 saturated heterocycles. The number of hydrogen-bond donors (Lipinski definition) is 0. The number of alkyl halides is 2. The molecule has 4 heteroatoms. The van der Waals surface area contributed by atoms with Crippen molar-refractivity contribution in [2.75, 3.05) is 0 Å². The van der Waals surface area contributed by atoms with Crippen molar-refractivity contribution in [3.05, 3.63) is 42.1 Å². The second-order valence-corrected chi connectivity index (χ2v) is 3.26. The topological polar surface area (TPSA) is 17.8 Å². The van der Waals surface area contributed by atoms with Gasteiger partial charge in [0, 0.05) is 18.8 Å². The molecule has 1 heterocycles. The fourth-order valence-corrected chi connectivity index (χ4v) is 1.46. The highest BCUT2D eigenvalue weighted by molar-refractivity contribution is 5.59. The first kappa shape index (κ1) is 9.83. The van der Waals surface area contributed by atoms with Crippen LogP contribution in [0.15, 0.2) is 36.5 Å². The standard InChI is InChI=1S/C11H10F2N2/c1-15-10(6-7-14-15)8-2-4-9(5-3-8)11(12)13/h2-7,11H,1H3. The van der Waals surface area contributed by atoms with Gasteiger partial charge < -0.3 is 0 Å². The van der Waals surface area contributed by atoms with E-state index in [0.29, 0.717) is 0 Å². The molecule has 2 nitrogen and oxygen atoms in total. The largest absolute Gasteiger partial charge is 0.268 e. The predicted molar refractivity (Wildman–Crippen MR) is 53.6 cm³/mol. The van der Waals surface area contributed by atoms with Crippen LogP contribution >= 0.6 is 0 Å². The van der Waals surface area contributed by atoms with E-state index in [0.717, 1.165) is 11.3 Å². The molecule has 0 saturated carbocycles. The Bertz CT molecular complexity index is 446. The molecule has 0 aliphatic carbocycles. The van der Waals surface area contributed by atoms with Crippen molar-refractivity contribution < 1.29 is 8.78 Å². The lowest BCUT2D eigenvalue weighted by atomic mass is 10.1. The monoisotopic (exact) mass is 208 g/mol. The number of rotatable bonds is 2. The summed E-state index contributed by atoms with van der Waals surface area (Å²) in [6.07, 6.45) is -0.735. The summed E-state index contributed by atoms with van der Waals surface area (Å²) in [5.74, 6) is 0. The molecular weight excluding hydrogens is 198 g/mol. The molecule has 0 aliphatic rings. The molecule has 0 atom stereocenters. The fourth-order valence-electron chi connectivity index (χ4n) is 1.46. The summed E-state index contributed by atoms with van der Waals surface area (Å²) < 4.78 is 26.3. The molecule has 0 bridgehead atoms. The minimum atomic E-state index is -2.41. The van der Waals surface area contributed by atoms with Gasteiger partial charge in [-0.15, -0.1) is 0 Å². The quantitative estimate of drug-likeness (QED) is 0.741. The summed E-state index contributed by atoms with van der Waals surface area (Å²) in [7, 11) is 1.82. The maximum atomic E-state index is 12.3. The molecule has 0 N–H and O–H groups in total. The van der Waals surface area contributed by atoms with Crippen LogP contribution in [0.25, 0.3) is 11.3 Å². The first-order chi connectivity index (χ1) is 7.18. The third-order valence-electron chi connectivity index (χ3n) is 2.28. The maximum absolute atomic E-state index is 12.3. The molecule has 0 unspecified atom stereocenters. The van der Waals surface area contributed by atoms with Crippen LogP contribution in [0.3, 0.4) is 0 Å². The number of nitrogens with zero attached hydrogens (tertiary/aromatic N) is 2. The van der Waals surface area contributed by atoms with E-state index in [1.54, 1.807) is 23.0 Å². The van der Waals surface area contributed by atoms with Gasteiger partial charge in [0.25, 0.3) is 6.43 Å². The number of hydrogen-bond acceptors (Lipinski definition) is 1. The number of benzene rings is 1. The van der Waals surface area contributed by atoms with E-state index in [1.165, 1.54) is 12.1 Å². The summed E-state index contributed by atoms with van der Waals surface area (Å²) in [6, 6.07) is 8.08. The second-order valence-electron chi connectivity index (χ2n) is 3.26. The highest BCUT2D eigenvalue weighted by Crippen LogP contribution is 2.23. The van der Waals surface area contributed by atoms with Crippen molar-refractivity contribution in [1.82, 2.24) is 9.78 Å². The summed E-state index contributed by atoms with van der Waals surface area (Å²) in [6.45, 7) is 0. The van der Waals surface area contributed by atoms with Gasteiger partial charge in [0.1, 0.15) is 0 Å². The Morgan fingerprint density at radius 2 is 1.80 bits per heavy atom. The van der Waals surface area contributed by atoms with Crippen LogP contribution in [0.1, 0.15) is 12.0 Å². The van der Waals surface area contributed by atoms with Gasteiger partial charge >= 0.3 is 0 Å². The number of halogens is 2. The van der Waals surface area contributed by atoms with Gasteiger partial charge in [-0.05, 0) is 11.6 Å². The molecular formula is C11H10F2N2. The van der Waals surface area contributed by atoms with E-state index in [9.17, 15) is 8.78 Å². The van der Waals surface area contributed by atoms with Crippen LogP contribution in [0.4, 0.5) is 8.78 Å². The van der Waals surface area contributed by atoms with Crippen molar-refractivity contribution >= 4 is 0 Å². The lowest BCUT2D eigenvalue weighted by Gasteiger charge is -2.03. The van der Waals surface area contributed by atoms with E-state index < -0.39 is 6.43 Å². The van der Waals surface area contributed by atoms with Crippen LogP contribution in [-0.4, -0.2) is 9.78 Å². The molecule has 2 aromatic rings. The van der Waals surface area contributed by atoms with Gasteiger partial charge in [-0.2, -0.15) is 5.10 Å². The van der Waals surface area contributed by atoms with Crippen LogP contribution in [0, 0.1) is 0 Å². The Morgan fingerprint density at radius 1 is 1.13 bits per heavy atom. The Labute approximate surface area is 86.2 Å². The zero-order valence-corrected chi connectivity index (χ0v) is 8.19. The van der Waals surface area contributed by atoms with Gasteiger partial charge in [-0.1, -0.05) is 24.3 Å². The molecule has 0 aliphatic heterocycles. The molecule has 0 fully saturated rings. The maximum Gasteiger partial charge on any atom is 0.263 e. The molecule has 0 spiro atoms. The first-order valence-corrected chi connectivity index (χ1v) is 4.55. The van der Waals surface area contributed by atoms with Crippen LogP contribution in [0.2, 0.25) is 0 Å². The zero-order valence-electron chi connectivity index (χ0n) is 8.19. The van der Waals surface area contributed by atoms with Gasteiger partial charge in [0.05, 0.1) is 5.69 Å². The molecule has 78 valence electrons. The van der Waals surface area contributed by atoms with E-state index in [4.69, 9.17) is 0 Å². The summed E-state index contributed by atoms with van der Waals surface area (Å²) in [4.78, 5) is 0. The summed E-state index contributed by atoms with van der Waals surface area (Å²) in [5, 5.41) is 4.02. The Kier molecular flexibility index (Phi) is 2.49. The minimum absolute atomic E-state index is 0.0425. The van der Waals surface area contributed by atoms with Crippen molar-refractivity contribution in [1.29, 1.82) is 0 Å². The van der Waals surface area contributed by atoms with E-state index >= 15 is 0 Å². The van der Waals surface area contributed by atoms with Crippen LogP contribution < -0.4 is 0 Å². The predicted octanol–water partition coefficient (Wildman–Crippen LogP) is 3.02. The van der Waals surface area contributed by atoms with Crippen molar-refractivity contribution in [3.63, 3.8) is 0 Å². The lowest BCUT2D eigenvalue weighted by Crippen LogP contribution is -1.93.